The topological polar surface area (TPSA) is 103 Å². The molecule has 1 amide bonds. The fourth-order valence-electron chi connectivity index (χ4n) is 4.11. The molecule has 3 aromatic rings. The fraction of sp³-hybridized carbons (Fsp3) is 0.360. The van der Waals surface area contributed by atoms with Crippen LogP contribution in [-0.2, 0) is 21.1 Å². The zero-order chi connectivity index (χ0) is 23.6. The first-order valence-electron chi connectivity index (χ1n) is 11.0. The maximum absolute atomic E-state index is 12.5. The predicted octanol–water partition coefficient (Wildman–Crippen LogP) is 3.48. The van der Waals surface area contributed by atoms with E-state index in [4.69, 9.17) is 9.15 Å². The summed E-state index contributed by atoms with van der Waals surface area (Å²) >= 11 is 0. The molecule has 8 heteroatoms. The Morgan fingerprint density at radius 3 is 2.61 bits per heavy atom. The minimum absolute atomic E-state index is 0.00407. The van der Waals surface area contributed by atoms with Gasteiger partial charge in [-0.1, -0.05) is 30.3 Å². The molecule has 1 aliphatic heterocycles. The van der Waals surface area contributed by atoms with E-state index in [-0.39, 0.29) is 36.0 Å². The number of benzene rings is 2. The van der Waals surface area contributed by atoms with Crippen LogP contribution in [0.1, 0.15) is 32.3 Å². The quantitative estimate of drug-likeness (QED) is 0.532. The molecule has 174 valence electrons. The molecule has 0 unspecified atom stereocenters. The molecular weight excluding hydrogens is 442 g/mol. The van der Waals surface area contributed by atoms with Crippen LogP contribution in [0, 0.1) is 0 Å². The molecular formula is C25H27NO6S. The minimum Gasteiger partial charge on any atom is -0.491 e. The molecule has 2 heterocycles. The van der Waals surface area contributed by atoms with Gasteiger partial charge in [0.25, 0.3) is 0 Å². The zero-order valence-electron chi connectivity index (χ0n) is 18.7. The van der Waals surface area contributed by atoms with Gasteiger partial charge >= 0.3 is 5.63 Å². The third-order valence-corrected chi connectivity index (χ3v) is 7.36. The van der Waals surface area contributed by atoms with Crippen LogP contribution in [0.2, 0.25) is 0 Å². The average Bonchev–Trinajstić information content (AvgIpc) is 3.10. The van der Waals surface area contributed by atoms with Gasteiger partial charge in [0, 0.05) is 30.0 Å². The van der Waals surface area contributed by atoms with E-state index in [1.54, 1.807) is 6.07 Å². The molecule has 2 aromatic carbocycles. The highest BCUT2D eigenvalue weighted by Crippen LogP contribution is 2.33. The van der Waals surface area contributed by atoms with Crippen molar-refractivity contribution in [2.24, 2.45) is 0 Å². The number of aryl methyl sites for hydroxylation is 1. The van der Waals surface area contributed by atoms with Gasteiger partial charge in [-0.05, 0) is 49.4 Å². The summed E-state index contributed by atoms with van der Waals surface area (Å²) in [6.07, 6.45) is 0.929. The smallest absolute Gasteiger partial charge is 0.336 e. The van der Waals surface area contributed by atoms with Crippen molar-refractivity contribution in [2.75, 3.05) is 11.5 Å². The molecule has 1 saturated heterocycles. The molecule has 0 saturated carbocycles. The van der Waals surface area contributed by atoms with Crippen LogP contribution in [-0.4, -0.2) is 38.0 Å². The molecule has 1 aromatic heterocycles. The third-order valence-electron chi connectivity index (χ3n) is 5.59. The monoisotopic (exact) mass is 469 g/mol. The Balaban J connectivity index is 1.64. The molecule has 0 bridgehead atoms. The van der Waals surface area contributed by atoms with Crippen molar-refractivity contribution in [1.29, 1.82) is 0 Å². The lowest BCUT2D eigenvalue weighted by atomic mass is 9.98. The summed E-state index contributed by atoms with van der Waals surface area (Å²) in [5.41, 5.74) is 2.42. The maximum Gasteiger partial charge on any atom is 0.336 e. The van der Waals surface area contributed by atoms with Gasteiger partial charge in [0.2, 0.25) is 5.91 Å². The van der Waals surface area contributed by atoms with Crippen LogP contribution in [0.15, 0.2) is 57.7 Å². The minimum atomic E-state index is -3.06. The summed E-state index contributed by atoms with van der Waals surface area (Å²) in [4.78, 5) is 24.7. The Morgan fingerprint density at radius 2 is 1.94 bits per heavy atom. The second-order valence-corrected chi connectivity index (χ2v) is 10.9. The first kappa shape index (κ1) is 23.0. The van der Waals surface area contributed by atoms with Gasteiger partial charge < -0.3 is 14.5 Å². The number of hydrogen-bond acceptors (Lipinski definition) is 6. The summed E-state index contributed by atoms with van der Waals surface area (Å²) < 4.78 is 34.7. The van der Waals surface area contributed by atoms with Crippen molar-refractivity contribution in [1.82, 2.24) is 5.32 Å². The number of carbonyl (C=O) groups excluding carboxylic acids is 1. The highest BCUT2D eigenvalue weighted by molar-refractivity contribution is 7.91. The van der Waals surface area contributed by atoms with Gasteiger partial charge in [-0.3, -0.25) is 4.79 Å². The molecule has 1 fully saturated rings. The summed E-state index contributed by atoms with van der Waals surface area (Å²) in [7, 11) is -3.06. The van der Waals surface area contributed by atoms with E-state index in [2.05, 4.69) is 5.32 Å². The number of sulfone groups is 1. The van der Waals surface area contributed by atoms with Crippen LogP contribution in [0.25, 0.3) is 22.1 Å². The van der Waals surface area contributed by atoms with Crippen LogP contribution in [0.5, 0.6) is 5.75 Å². The van der Waals surface area contributed by atoms with E-state index >= 15 is 0 Å². The Hall–Kier alpha value is -3.13. The second kappa shape index (κ2) is 9.39. The standard InChI is InChI=1S/C25H27NO6S/c1-16(2)31-22-14-23-21(20(13-25(28)32-23)17-6-4-3-5-7-17)12-18(22)8-9-24(27)26-19-10-11-33(29,30)15-19/h3-7,12-14,16,19H,8-11,15H2,1-2H3,(H,26,27)/t19-/m1/s1. The van der Waals surface area contributed by atoms with Crippen LogP contribution >= 0.6 is 0 Å². The first-order valence-corrected chi connectivity index (χ1v) is 12.8. The Kier molecular flexibility index (Phi) is 6.56. The highest BCUT2D eigenvalue weighted by Gasteiger charge is 2.28. The number of ether oxygens (including phenoxy) is 1. The Morgan fingerprint density at radius 1 is 1.18 bits per heavy atom. The van der Waals surface area contributed by atoms with Crippen molar-refractivity contribution in [3.63, 3.8) is 0 Å². The van der Waals surface area contributed by atoms with Crippen molar-refractivity contribution in [3.8, 4) is 16.9 Å². The number of fused-ring (bicyclic) bond motifs is 1. The number of carbonyl (C=O) groups is 1. The van der Waals surface area contributed by atoms with Crippen LogP contribution < -0.4 is 15.7 Å². The molecule has 0 radical (unpaired) electrons. The fourth-order valence-corrected chi connectivity index (χ4v) is 5.78. The van der Waals surface area contributed by atoms with E-state index in [1.165, 1.54) is 6.07 Å². The van der Waals surface area contributed by atoms with Gasteiger partial charge in [0.15, 0.2) is 9.84 Å². The Labute approximate surface area is 192 Å². The highest BCUT2D eigenvalue weighted by atomic mass is 32.2. The lowest BCUT2D eigenvalue weighted by Crippen LogP contribution is -2.35. The lowest BCUT2D eigenvalue weighted by Gasteiger charge is -2.17. The average molecular weight is 470 g/mol. The van der Waals surface area contributed by atoms with Gasteiger partial charge in [0.1, 0.15) is 11.3 Å². The summed E-state index contributed by atoms with van der Waals surface area (Å²) in [6, 6.07) is 14.3. The van der Waals surface area contributed by atoms with Crippen molar-refractivity contribution in [2.45, 2.75) is 45.3 Å². The van der Waals surface area contributed by atoms with E-state index in [0.717, 1.165) is 22.1 Å². The molecule has 4 rings (SSSR count). The summed E-state index contributed by atoms with van der Waals surface area (Å²) in [6.45, 7) is 3.80. The number of hydrogen-bond donors (Lipinski definition) is 1. The van der Waals surface area contributed by atoms with Gasteiger partial charge in [0.05, 0.1) is 17.6 Å². The lowest BCUT2D eigenvalue weighted by molar-refractivity contribution is -0.121. The second-order valence-electron chi connectivity index (χ2n) is 8.64. The van der Waals surface area contributed by atoms with E-state index in [1.807, 2.05) is 50.2 Å². The van der Waals surface area contributed by atoms with Crippen LogP contribution in [0.4, 0.5) is 0 Å². The normalized spacial score (nSPS) is 17.4. The molecule has 0 spiro atoms. The first-order chi connectivity index (χ1) is 15.7. The third kappa shape index (κ3) is 5.63. The Bertz CT molecular complexity index is 1330. The maximum atomic E-state index is 12.5. The largest absolute Gasteiger partial charge is 0.491 e. The molecule has 1 atom stereocenters. The molecule has 33 heavy (non-hydrogen) atoms. The molecule has 7 nitrogen and oxygen atoms in total. The van der Waals surface area contributed by atoms with E-state index < -0.39 is 15.5 Å². The van der Waals surface area contributed by atoms with Gasteiger partial charge in [-0.2, -0.15) is 0 Å². The summed E-state index contributed by atoms with van der Waals surface area (Å²) in [5.74, 6) is 0.468. The number of rotatable bonds is 7. The van der Waals surface area contributed by atoms with E-state index in [9.17, 15) is 18.0 Å². The molecule has 0 aliphatic carbocycles. The van der Waals surface area contributed by atoms with Gasteiger partial charge in [-0.15, -0.1) is 0 Å². The molecule has 1 N–H and O–H groups in total. The van der Waals surface area contributed by atoms with Gasteiger partial charge in [-0.25, -0.2) is 13.2 Å². The SMILES string of the molecule is CC(C)Oc1cc2oc(=O)cc(-c3ccccc3)c2cc1CCC(=O)N[C@@H]1CCS(=O)(=O)C1. The van der Waals surface area contributed by atoms with Crippen LogP contribution in [0.3, 0.4) is 0 Å². The zero-order valence-corrected chi connectivity index (χ0v) is 19.5. The molecule has 1 aliphatic rings. The summed E-state index contributed by atoms with van der Waals surface area (Å²) in [5, 5.41) is 3.59. The van der Waals surface area contributed by atoms with Crippen molar-refractivity contribution < 1.29 is 22.4 Å². The van der Waals surface area contributed by atoms with Crippen molar-refractivity contribution in [3.05, 3.63) is 64.5 Å². The number of amides is 1. The predicted molar refractivity (Wildman–Crippen MR) is 127 cm³/mol. The van der Waals surface area contributed by atoms with Crippen molar-refractivity contribution >= 4 is 26.7 Å². The van der Waals surface area contributed by atoms with E-state index in [0.29, 0.717) is 24.2 Å². The number of nitrogens with one attached hydrogen (secondary N) is 1.